The van der Waals surface area contributed by atoms with Crippen molar-refractivity contribution in [3.05, 3.63) is 29.5 Å². The SMILES string of the molecule is Cc1ccc2c(C(=O)O)nn(C(=O)OC(C)(C)C)c2c1. The molecule has 0 radical (unpaired) electrons. The van der Waals surface area contributed by atoms with Crippen LogP contribution in [0.2, 0.25) is 0 Å². The highest BCUT2D eigenvalue weighted by atomic mass is 16.6. The van der Waals surface area contributed by atoms with Gasteiger partial charge in [-0.15, -0.1) is 0 Å². The Morgan fingerprint density at radius 1 is 1.30 bits per heavy atom. The molecular formula is C14H16N2O4. The van der Waals surface area contributed by atoms with Crippen LogP contribution in [-0.2, 0) is 4.74 Å². The second kappa shape index (κ2) is 4.63. The highest BCUT2D eigenvalue weighted by Crippen LogP contribution is 2.21. The first kappa shape index (κ1) is 14.0. The number of carbonyl (C=O) groups excluding carboxylic acids is 1. The lowest BCUT2D eigenvalue weighted by molar-refractivity contribution is 0.0521. The van der Waals surface area contributed by atoms with Crippen LogP contribution in [0.15, 0.2) is 18.2 Å². The minimum atomic E-state index is -1.18. The van der Waals surface area contributed by atoms with Crippen LogP contribution in [0.4, 0.5) is 4.79 Å². The first-order chi connectivity index (χ1) is 9.19. The minimum Gasteiger partial charge on any atom is -0.476 e. The number of carboxylic acids is 1. The van der Waals surface area contributed by atoms with Gasteiger partial charge in [0.15, 0.2) is 5.69 Å². The van der Waals surface area contributed by atoms with Crippen molar-refractivity contribution in [2.45, 2.75) is 33.3 Å². The van der Waals surface area contributed by atoms with Crippen molar-refractivity contribution in [2.75, 3.05) is 0 Å². The molecule has 0 saturated heterocycles. The predicted octanol–water partition coefficient (Wildman–Crippen LogP) is 2.83. The molecule has 0 aliphatic heterocycles. The molecule has 0 bridgehead atoms. The van der Waals surface area contributed by atoms with E-state index < -0.39 is 17.7 Å². The van der Waals surface area contributed by atoms with E-state index >= 15 is 0 Å². The number of rotatable bonds is 1. The zero-order valence-corrected chi connectivity index (χ0v) is 11.8. The molecule has 0 saturated carbocycles. The highest BCUT2D eigenvalue weighted by molar-refractivity contribution is 6.03. The number of aryl methyl sites for hydroxylation is 1. The molecule has 1 N–H and O–H groups in total. The molecule has 1 aromatic carbocycles. The van der Waals surface area contributed by atoms with E-state index in [1.807, 2.05) is 6.92 Å². The lowest BCUT2D eigenvalue weighted by atomic mass is 10.1. The summed E-state index contributed by atoms with van der Waals surface area (Å²) in [5, 5.41) is 13.4. The van der Waals surface area contributed by atoms with Gasteiger partial charge in [0, 0.05) is 5.39 Å². The van der Waals surface area contributed by atoms with Crippen LogP contribution >= 0.6 is 0 Å². The Labute approximate surface area is 116 Å². The maximum atomic E-state index is 12.1. The molecule has 0 aliphatic rings. The van der Waals surface area contributed by atoms with Crippen molar-refractivity contribution in [2.24, 2.45) is 0 Å². The topological polar surface area (TPSA) is 81.4 Å². The van der Waals surface area contributed by atoms with E-state index in [0.29, 0.717) is 10.9 Å². The van der Waals surface area contributed by atoms with Crippen LogP contribution in [0.3, 0.4) is 0 Å². The first-order valence-corrected chi connectivity index (χ1v) is 6.15. The second-order valence-electron chi connectivity index (χ2n) is 5.57. The fraction of sp³-hybridized carbons (Fsp3) is 0.357. The van der Waals surface area contributed by atoms with Crippen LogP contribution in [-0.4, -0.2) is 32.6 Å². The third kappa shape index (κ3) is 2.64. The summed E-state index contributed by atoms with van der Waals surface area (Å²) in [7, 11) is 0. The number of nitrogens with zero attached hydrogens (tertiary/aromatic N) is 2. The number of hydrogen-bond donors (Lipinski definition) is 1. The van der Waals surface area contributed by atoms with Crippen molar-refractivity contribution < 1.29 is 19.4 Å². The van der Waals surface area contributed by atoms with Crippen LogP contribution in [0, 0.1) is 6.92 Å². The van der Waals surface area contributed by atoms with Gasteiger partial charge in [0.05, 0.1) is 5.52 Å². The molecule has 106 valence electrons. The molecule has 6 heteroatoms. The fourth-order valence-corrected chi connectivity index (χ4v) is 1.83. The number of fused-ring (bicyclic) bond motifs is 1. The van der Waals surface area contributed by atoms with E-state index in [4.69, 9.17) is 9.84 Å². The molecule has 0 spiro atoms. The van der Waals surface area contributed by atoms with Gasteiger partial charge in [-0.1, -0.05) is 12.1 Å². The molecule has 2 aromatic rings. The lowest BCUT2D eigenvalue weighted by Crippen LogP contribution is -2.27. The van der Waals surface area contributed by atoms with Gasteiger partial charge in [-0.05, 0) is 39.3 Å². The average molecular weight is 276 g/mol. The van der Waals surface area contributed by atoms with Crippen molar-refractivity contribution in [3.8, 4) is 0 Å². The van der Waals surface area contributed by atoms with Gasteiger partial charge in [-0.3, -0.25) is 0 Å². The second-order valence-corrected chi connectivity index (χ2v) is 5.57. The molecule has 2 rings (SSSR count). The Morgan fingerprint density at radius 2 is 1.95 bits per heavy atom. The summed E-state index contributed by atoms with van der Waals surface area (Å²) >= 11 is 0. The van der Waals surface area contributed by atoms with E-state index in [1.54, 1.807) is 39.0 Å². The van der Waals surface area contributed by atoms with Crippen LogP contribution < -0.4 is 0 Å². The molecular weight excluding hydrogens is 260 g/mol. The van der Waals surface area contributed by atoms with Gasteiger partial charge >= 0.3 is 12.1 Å². The van der Waals surface area contributed by atoms with Gasteiger partial charge in [0.2, 0.25) is 0 Å². The largest absolute Gasteiger partial charge is 0.476 e. The summed E-state index contributed by atoms with van der Waals surface area (Å²) in [5.41, 5.74) is 0.490. The van der Waals surface area contributed by atoms with E-state index in [9.17, 15) is 9.59 Å². The number of benzene rings is 1. The van der Waals surface area contributed by atoms with Crippen LogP contribution in [0.5, 0.6) is 0 Å². The monoisotopic (exact) mass is 276 g/mol. The normalized spacial score (nSPS) is 11.6. The minimum absolute atomic E-state index is 0.161. The van der Waals surface area contributed by atoms with Gasteiger partial charge in [-0.2, -0.15) is 9.78 Å². The molecule has 0 atom stereocenters. The maximum absolute atomic E-state index is 12.1. The summed E-state index contributed by atoms with van der Waals surface area (Å²) in [5.74, 6) is -1.18. The van der Waals surface area contributed by atoms with E-state index in [2.05, 4.69) is 5.10 Å². The van der Waals surface area contributed by atoms with Crippen molar-refractivity contribution >= 4 is 23.0 Å². The Kier molecular flexibility index (Phi) is 3.25. The number of carbonyl (C=O) groups is 2. The summed E-state index contributed by atoms with van der Waals surface area (Å²) in [4.78, 5) is 23.3. The number of hydrogen-bond acceptors (Lipinski definition) is 4. The molecule has 0 fully saturated rings. The van der Waals surface area contributed by atoms with Crippen molar-refractivity contribution in [3.63, 3.8) is 0 Å². The summed E-state index contributed by atoms with van der Waals surface area (Å²) < 4.78 is 6.23. The molecule has 0 amide bonds. The Morgan fingerprint density at radius 3 is 2.50 bits per heavy atom. The lowest BCUT2D eigenvalue weighted by Gasteiger charge is -2.19. The summed E-state index contributed by atoms with van der Waals surface area (Å²) in [6.07, 6.45) is -0.694. The van der Waals surface area contributed by atoms with Crippen molar-refractivity contribution in [1.82, 2.24) is 9.78 Å². The summed E-state index contributed by atoms with van der Waals surface area (Å²) in [6, 6.07) is 5.12. The molecule has 1 aromatic heterocycles. The van der Waals surface area contributed by atoms with Gasteiger partial charge in [0.1, 0.15) is 5.60 Å². The van der Waals surface area contributed by atoms with Crippen molar-refractivity contribution in [1.29, 1.82) is 0 Å². The van der Waals surface area contributed by atoms with Crippen LogP contribution in [0.1, 0.15) is 36.8 Å². The third-order valence-electron chi connectivity index (χ3n) is 2.61. The van der Waals surface area contributed by atoms with E-state index in [-0.39, 0.29) is 5.69 Å². The summed E-state index contributed by atoms with van der Waals surface area (Å²) in [6.45, 7) is 7.06. The highest BCUT2D eigenvalue weighted by Gasteiger charge is 2.24. The molecule has 0 aliphatic carbocycles. The van der Waals surface area contributed by atoms with E-state index in [0.717, 1.165) is 10.2 Å². The fourth-order valence-electron chi connectivity index (χ4n) is 1.83. The van der Waals surface area contributed by atoms with Gasteiger partial charge in [0.25, 0.3) is 0 Å². The Hall–Kier alpha value is -2.37. The third-order valence-corrected chi connectivity index (χ3v) is 2.61. The Balaban J connectivity index is 2.61. The number of aromatic carboxylic acids is 1. The molecule has 0 unspecified atom stereocenters. The van der Waals surface area contributed by atoms with Gasteiger partial charge in [-0.25, -0.2) is 9.59 Å². The average Bonchev–Trinajstić information content (AvgIpc) is 2.65. The zero-order valence-electron chi connectivity index (χ0n) is 11.8. The smallest absolute Gasteiger partial charge is 0.435 e. The standard InChI is InChI=1S/C14H16N2O4/c1-8-5-6-9-10(7-8)16(15-11(9)12(17)18)13(19)20-14(2,3)4/h5-7H,1-4H3,(H,17,18). The van der Waals surface area contributed by atoms with Gasteiger partial charge < -0.3 is 9.84 Å². The zero-order chi connectivity index (χ0) is 15.1. The van der Waals surface area contributed by atoms with E-state index in [1.165, 1.54) is 0 Å². The number of ether oxygens (including phenoxy) is 1. The van der Waals surface area contributed by atoms with Crippen LogP contribution in [0.25, 0.3) is 10.9 Å². The Bertz CT molecular complexity index is 695. The predicted molar refractivity (Wildman–Crippen MR) is 73.1 cm³/mol. The number of carboxylic acid groups (broad SMARTS) is 1. The molecule has 1 heterocycles. The molecule has 6 nitrogen and oxygen atoms in total. The first-order valence-electron chi connectivity index (χ1n) is 6.15. The number of aromatic nitrogens is 2. The molecule has 20 heavy (non-hydrogen) atoms. The quantitative estimate of drug-likeness (QED) is 0.866. The maximum Gasteiger partial charge on any atom is 0.435 e.